The highest BCUT2D eigenvalue weighted by atomic mass is 79.9. The van der Waals surface area contributed by atoms with Gasteiger partial charge >= 0.3 is 6.18 Å². The zero-order valence-electron chi connectivity index (χ0n) is 13.7. The van der Waals surface area contributed by atoms with Crippen molar-refractivity contribution in [3.63, 3.8) is 0 Å². The van der Waals surface area contributed by atoms with Gasteiger partial charge in [-0.05, 0) is 46.3 Å². The van der Waals surface area contributed by atoms with Crippen molar-refractivity contribution in [2.24, 2.45) is 5.10 Å². The van der Waals surface area contributed by atoms with Crippen LogP contribution < -0.4 is 9.75 Å². The zero-order valence-corrected chi connectivity index (χ0v) is 16.9. The van der Waals surface area contributed by atoms with Crippen molar-refractivity contribution in [3.05, 3.63) is 62.5 Å². The maximum absolute atomic E-state index is 13.5. The Balaban J connectivity index is 2.16. The minimum Gasteiger partial charge on any atom is -0.495 e. The van der Waals surface area contributed by atoms with Crippen molar-refractivity contribution < 1.29 is 22.7 Å². The monoisotopic (exact) mass is 502 g/mol. The molecule has 1 aliphatic rings. The number of methoxy groups -OCH3 is 1. The molecule has 0 saturated heterocycles. The van der Waals surface area contributed by atoms with Gasteiger partial charge in [0.05, 0.1) is 22.8 Å². The van der Waals surface area contributed by atoms with Crippen LogP contribution in [-0.2, 0) is 4.79 Å². The highest BCUT2D eigenvalue weighted by Crippen LogP contribution is 2.37. The average Bonchev–Trinajstić information content (AvgIpc) is 2.92. The molecule has 0 spiro atoms. The fourth-order valence-electron chi connectivity index (χ4n) is 2.56. The van der Waals surface area contributed by atoms with Crippen LogP contribution in [0.2, 0.25) is 0 Å². The lowest BCUT2D eigenvalue weighted by Gasteiger charge is -2.12. The molecule has 1 amide bonds. The van der Waals surface area contributed by atoms with Crippen molar-refractivity contribution in [3.8, 4) is 5.75 Å². The van der Waals surface area contributed by atoms with Crippen LogP contribution in [0.15, 0.2) is 62.1 Å². The fourth-order valence-corrected chi connectivity index (χ4v) is 3.98. The Labute approximate surface area is 169 Å². The second-order valence-corrected chi connectivity index (χ2v) is 7.24. The molecule has 140 valence electrons. The number of anilines is 1. The first-order chi connectivity index (χ1) is 12.7. The number of hydrogen-bond donors (Lipinski definition) is 0. The van der Waals surface area contributed by atoms with E-state index in [1.165, 1.54) is 19.2 Å². The highest BCUT2D eigenvalue weighted by Gasteiger charge is 2.46. The molecule has 1 heterocycles. The van der Waals surface area contributed by atoms with Crippen LogP contribution in [0, 0.1) is 0 Å². The topological polar surface area (TPSA) is 41.9 Å². The Morgan fingerprint density at radius 2 is 1.81 bits per heavy atom. The van der Waals surface area contributed by atoms with E-state index < -0.39 is 23.4 Å². The van der Waals surface area contributed by atoms with Gasteiger partial charge in [-0.25, -0.2) is 0 Å². The number of benzene rings is 2. The normalized spacial score (nSPS) is 16.1. The number of ether oxygens (including phenoxy) is 1. The zero-order chi connectivity index (χ0) is 19.8. The van der Waals surface area contributed by atoms with Crippen molar-refractivity contribution in [1.82, 2.24) is 0 Å². The SMILES string of the molecule is COc1c(Br)cc(Br)cc1/C=C1\C(=O)N(c2ccccc2)N=C1C(F)(F)F. The summed E-state index contributed by atoms with van der Waals surface area (Å²) in [4.78, 5) is 12.7. The van der Waals surface area contributed by atoms with E-state index in [9.17, 15) is 18.0 Å². The number of nitrogens with zero attached hydrogens (tertiary/aromatic N) is 2. The van der Waals surface area contributed by atoms with Gasteiger partial charge in [0, 0.05) is 10.0 Å². The Hall–Kier alpha value is -2.13. The van der Waals surface area contributed by atoms with Crippen LogP contribution in [0.1, 0.15) is 5.56 Å². The van der Waals surface area contributed by atoms with Crippen LogP contribution >= 0.6 is 31.9 Å². The van der Waals surface area contributed by atoms with Crippen LogP contribution in [0.4, 0.5) is 18.9 Å². The lowest BCUT2D eigenvalue weighted by molar-refractivity contribution is -0.114. The first-order valence-electron chi connectivity index (χ1n) is 7.52. The molecule has 0 radical (unpaired) electrons. The van der Waals surface area contributed by atoms with Gasteiger partial charge in [0.1, 0.15) is 5.75 Å². The molecule has 0 bridgehead atoms. The predicted octanol–water partition coefficient (Wildman–Crippen LogP) is 5.57. The molecule has 0 atom stereocenters. The van der Waals surface area contributed by atoms with Gasteiger partial charge in [-0.1, -0.05) is 34.1 Å². The van der Waals surface area contributed by atoms with Crippen LogP contribution in [-0.4, -0.2) is 24.9 Å². The molecule has 0 aliphatic carbocycles. The van der Waals surface area contributed by atoms with Crippen molar-refractivity contribution in [2.45, 2.75) is 6.18 Å². The van der Waals surface area contributed by atoms with E-state index in [0.29, 0.717) is 20.3 Å². The number of rotatable bonds is 3. The molecule has 4 nitrogen and oxygen atoms in total. The third kappa shape index (κ3) is 3.93. The summed E-state index contributed by atoms with van der Waals surface area (Å²) in [6.07, 6.45) is -3.66. The van der Waals surface area contributed by atoms with E-state index in [2.05, 4.69) is 37.0 Å². The fraction of sp³-hybridized carbons (Fsp3) is 0.111. The van der Waals surface area contributed by atoms with E-state index in [-0.39, 0.29) is 5.69 Å². The maximum atomic E-state index is 13.5. The van der Waals surface area contributed by atoms with Crippen LogP contribution in [0.5, 0.6) is 5.75 Å². The second kappa shape index (κ2) is 7.47. The molecule has 0 aromatic heterocycles. The van der Waals surface area contributed by atoms with E-state index >= 15 is 0 Å². The third-order valence-electron chi connectivity index (χ3n) is 3.69. The summed E-state index contributed by atoms with van der Waals surface area (Å²) in [6.45, 7) is 0. The maximum Gasteiger partial charge on any atom is 0.435 e. The van der Waals surface area contributed by atoms with Crippen LogP contribution in [0.25, 0.3) is 6.08 Å². The number of para-hydroxylation sites is 1. The van der Waals surface area contributed by atoms with E-state index in [1.807, 2.05) is 0 Å². The number of hydrogen-bond acceptors (Lipinski definition) is 3. The van der Waals surface area contributed by atoms with Crippen molar-refractivity contribution in [1.29, 1.82) is 0 Å². The first kappa shape index (κ1) is 19.6. The van der Waals surface area contributed by atoms with Crippen molar-refractivity contribution >= 4 is 55.2 Å². The number of hydrazone groups is 1. The van der Waals surface area contributed by atoms with Gasteiger partial charge in [-0.15, -0.1) is 0 Å². The quantitative estimate of drug-likeness (QED) is 0.514. The number of carbonyl (C=O) groups excluding carboxylic acids is 1. The summed E-state index contributed by atoms with van der Waals surface area (Å²) in [5, 5.41) is 4.28. The number of amides is 1. The molecular formula is C18H11Br2F3N2O2. The predicted molar refractivity (Wildman–Crippen MR) is 104 cm³/mol. The molecule has 2 aromatic carbocycles. The largest absolute Gasteiger partial charge is 0.495 e. The molecular weight excluding hydrogens is 493 g/mol. The molecule has 3 rings (SSSR count). The summed E-state index contributed by atoms with van der Waals surface area (Å²) >= 11 is 6.58. The number of carbonyl (C=O) groups is 1. The standard InChI is InChI=1S/C18H11Br2F3N2O2/c1-27-15-10(7-11(19)9-14(15)20)8-13-16(18(21,22)23)24-25(17(13)26)12-5-3-2-4-6-12/h2-9H,1H3/b13-8-. The molecule has 9 heteroatoms. The first-order valence-corrected chi connectivity index (χ1v) is 9.11. The lowest BCUT2D eigenvalue weighted by Crippen LogP contribution is -2.25. The Morgan fingerprint density at radius 1 is 1.15 bits per heavy atom. The molecule has 0 fully saturated rings. The average molecular weight is 504 g/mol. The summed E-state index contributed by atoms with van der Waals surface area (Å²) in [7, 11) is 1.39. The molecule has 0 unspecified atom stereocenters. The van der Waals surface area contributed by atoms with Gasteiger partial charge in [-0.3, -0.25) is 4.79 Å². The van der Waals surface area contributed by atoms with Gasteiger partial charge in [0.25, 0.3) is 5.91 Å². The summed E-state index contributed by atoms with van der Waals surface area (Å²) in [5.41, 5.74) is -1.27. The van der Waals surface area contributed by atoms with E-state index in [0.717, 1.165) is 11.1 Å². The summed E-state index contributed by atoms with van der Waals surface area (Å²) in [6, 6.07) is 11.2. The third-order valence-corrected chi connectivity index (χ3v) is 4.74. The molecule has 2 aromatic rings. The smallest absolute Gasteiger partial charge is 0.435 e. The second-order valence-electron chi connectivity index (χ2n) is 5.47. The molecule has 0 saturated carbocycles. The Bertz CT molecular complexity index is 957. The number of alkyl halides is 3. The Kier molecular flexibility index (Phi) is 5.43. The van der Waals surface area contributed by atoms with Gasteiger partial charge in [-0.2, -0.15) is 23.3 Å². The summed E-state index contributed by atoms with van der Waals surface area (Å²) < 4.78 is 46.9. The van der Waals surface area contributed by atoms with E-state index in [1.54, 1.807) is 30.3 Å². The summed E-state index contributed by atoms with van der Waals surface area (Å²) in [5.74, 6) is -0.565. The van der Waals surface area contributed by atoms with Gasteiger partial charge in [0.15, 0.2) is 5.71 Å². The van der Waals surface area contributed by atoms with Crippen LogP contribution in [0.3, 0.4) is 0 Å². The van der Waals surface area contributed by atoms with Crippen molar-refractivity contribution in [2.75, 3.05) is 12.1 Å². The highest BCUT2D eigenvalue weighted by molar-refractivity contribution is 9.11. The van der Waals surface area contributed by atoms with Gasteiger partial charge in [0.2, 0.25) is 0 Å². The minimum atomic E-state index is -4.79. The molecule has 27 heavy (non-hydrogen) atoms. The molecule has 0 N–H and O–H groups in total. The molecule has 1 aliphatic heterocycles. The number of halogens is 5. The minimum absolute atomic E-state index is 0.245. The van der Waals surface area contributed by atoms with E-state index in [4.69, 9.17) is 4.74 Å². The van der Waals surface area contributed by atoms with Gasteiger partial charge < -0.3 is 4.74 Å². The Morgan fingerprint density at radius 3 is 2.41 bits per heavy atom. The lowest BCUT2D eigenvalue weighted by atomic mass is 10.1.